The molecule has 4 atom stereocenters. The first-order valence-electron chi connectivity index (χ1n) is 6.92. The maximum absolute atomic E-state index is 9.34. The summed E-state index contributed by atoms with van der Waals surface area (Å²) in [5, 5.41) is 13.1. The molecule has 0 radical (unpaired) electrons. The molecule has 16 heavy (non-hydrogen) atoms. The van der Waals surface area contributed by atoms with Crippen molar-refractivity contribution < 1.29 is 5.11 Å². The quantitative estimate of drug-likeness (QED) is 0.757. The van der Waals surface area contributed by atoms with Crippen LogP contribution in [-0.2, 0) is 0 Å². The maximum Gasteiger partial charge on any atom is 0.0515 e. The van der Waals surface area contributed by atoms with Gasteiger partial charge < -0.3 is 10.4 Å². The number of nitrogens with one attached hydrogen (secondary N) is 1. The fourth-order valence-corrected chi connectivity index (χ4v) is 3.09. The lowest BCUT2D eigenvalue weighted by molar-refractivity contribution is 0.154. The zero-order chi connectivity index (χ0) is 12.1. The predicted molar refractivity (Wildman–Crippen MR) is 69.4 cm³/mol. The van der Waals surface area contributed by atoms with E-state index < -0.39 is 0 Å². The van der Waals surface area contributed by atoms with Crippen molar-refractivity contribution in [2.75, 3.05) is 6.54 Å². The normalized spacial score (nSPS) is 34.7. The Balaban J connectivity index is 2.29. The van der Waals surface area contributed by atoms with Gasteiger partial charge in [0.25, 0.3) is 0 Å². The molecule has 0 saturated heterocycles. The fourth-order valence-electron chi connectivity index (χ4n) is 3.09. The molecule has 1 aliphatic carbocycles. The third kappa shape index (κ3) is 4.42. The molecule has 2 N–H and O–H groups in total. The highest BCUT2D eigenvalue weighted by molar-refractivity contribution is 4.83. The lowest BCUT2D eigenvalue weighted by atomic mass is 9.78. The van der Waals surface area contributed by atoms with Crippen LogP contribution in [0.2, 0.25) is 0 Å². The molecule has 2 nitrogen and oxygen atoms in total. The van der Waals surface area contributed by atoms with Gasteiger partial charge in [0.2, 0.25) is 0 Å². The average Bonchev–Trinajstić information content (AvgIpc) is 2.15. The summed E-state index contributed by atoms with van der Waals surface area (Å²) >= 11 is 0. The van der Waals surface area contributed by atoms with Crippen molar-refractivity contribution in [1.29, 1.82) is 0 Å². The van der Waals surface area contributed by atoms with Crippen molar-refractivity contribution in [3.8, 4) is 0 Å². The molecular formula is C14H29NO. The summed E-state index contributed by atoms with van der Waals surface area (Å²) in [7, 11) is 0. The van der Waals surface area contributed by atoms with E-state index in [4.69, 9.17) is 0 Å². The van der Waals surface area contributed by atoms with Crippen LogP contribution in [0.15, 0.2) is 0 Å². The summed E-state index contributed by atoms with van der Waals surface area (Å²) in [6, 6.07) is 0.685. The number of hydrogen-bond donors (Lipinski definition) is 2. The van der Waals surface area contributed by atoms with E-state index in [0.717, 1.165) is 24.8 Å². The smallest absolute Gasteiger partial charge is 0.0515 e. The van der Waals surface area contributed by atoms with Gasteiger partial charge in [-0.25, -0.2) is 0 Å². The number of hydrogen-bond acceptors (Lipinski definition) is 2. The Morgan fingerprint density at radius 3 is 2.25 bits per heavy atom. The molecule has 0 aliphatic heterocycles. The van der Waals surface area contributed by atoms with Gasteiger partial charge in [-0.3, -0.25) is 0 Å². The van der Waals surface area contributed by atoms with E-state index in [1.165, 1.54) is 19.3 Å². The first-order valence-corrected chi connectivity index (χ1v) is 6.92. The molecule has 1 fully saturated rings. The van der Waals surface area contributed by atoms with E-state index in [9.17, 15) is 5.11 Å². The van der Waals surface area contributed by atoms with E-state index in [2.05, 4.69) is 26.1 Å². The molecule has 0 bridgehead atoms. The molecule has 0 aromatic carbocycles. The fraction of sp³-hybridized carbons (Fsp3) is 1.00. The van der Waals surface area contributed by atoms with Gasteiger partial charge in [0.15, 0.2) is 0 Å². The average molecular weight is 227 g/mol. The minimum absolute atomic E-state index is 0.169. The predicted octanol–water partition coefficient (Wildman–Crippen LogP) is 2.81. The Kier molecular flexibility index (Phi) is 5.77. The van der Waals surface area contributed by atoms with Gasteiger partial charge in [-0.1, -0.05) is 27.2 Å². The Labute approximate surface area is 101 Å². The van der Waals surface area contributed by atoms with Crippen LogP contribution >= 0.6 is 0 Å². The van der Waals surface area contributed by atoms with Gasteiger partial charge in [-0.05, 0) is 50.5 Å². The van der Waals surface area contributed by atoms with E-state index in [1.807, 2.05) is 6.92 Å². The SMILES string of the molecule is CC(O)CC(C)CNC1C(C)CCCC1C. The van der Waals surface area contributed by atoms with Crippen molar-refractivity contribution in [1.82, 2.24) is 5.32 Å². The second-order valence-corrected chi connectivity index (χ2v) is 6.01. The minimum atomic E-state index is -0.169. The lowest BCUT2D eigenvalue weighted by Crippen LogP contribution is -2.44. The summed E-state index contributed by atoms with van der Waals surface area (Å²) in [6.07, 6.45) is 4.87. The highest BCUT2D eigenvalue weighted by atomic mass is 16.3. The standard InChI is InChI=1S/C14H29NO/c1-10(8-13(4)16)9-15-14-11(2)6-5-7-12(14)3/h10-16H,5-9H2,1-4H3. The Morgan fingerprint density at radius 2 is 1.75 bits per heavy atom. The molecule has 96 valence electrons. The van der Waals surface area contributed by atoms with Crippen molar-refractivity contribution in [2.45, 2.75) is 65.5 Å². The topological polar surface area (TPSA) is 32.3 Å². The van der Waals surface area contributed by atoms with Crippen LogP contribution in [0.3, 0.4) is 0 Å². The Bertz CT molecular complexity index is 183. The maximum atomic E-state index is 9.34. The number of aliphatic hydroxyl groups is 1. The first kappa shape index (κ1) is 14.0. The van der Waals surface area contributed by atoms with Crippen LogP contribution in [0.25, 0.3) is 0 Å². The van der Waals surface area contributed by atoms with Gasteiger partial charge >= 0.3 is 0 Å². The molecule has 2 heteroatoms. The Morgan fingerprint density at radius 1 is 1.19 bits per heavy atom. The van der Waals surface area contributed by atoms with E-state index in [0.29, 0.717) is 12.0 Å². The largest absolute Gasteiger partial charge is 0.393 e. The van der Waals surface area contributed by atoms with Crippen molar-refractivity contribution in [3.63, 3.8) is 0 Å². The van der Waals surface area contributed by atoms with Crippen molar-refractivity contribution in [2.24, 2.45) is 17.8 Å². The first-order chi connectivity index (χ1) is 7.50. The highest BCUT2D eigenvalue weighted by Gasteiger charge is 2.27. The van der Waals surface area contributed by atoms with E-state index in [-0.39, 0.29) is 6.10 Å². The summed E-state index contributed by atoms with van der Waals surface area (Å²) in [5.74, 6) is 2.19. The van der Waals surface area contributed by atoms with Crippen LogP contribution in [0.5, 0.6) is 0 Å². The highest BCUT2D eigenvalue weighted by Crippen LogP contribution is 2.28. The molecule has 1 rings (SSSR count). The monoisotopic (exact) mass is 227 g/mol. The summed E-state index contributed by atoms with van der Waals surface area (Å²) in [5.41, 5.74) is 0. The van der Waals surface area contributed by atoms with Gasteiger partial charge in [0, 0.05) is 6.04 Å². The summed E-state index contributed by atoms with van der Waals surface area (Å²) in [6.45, 7) is 9.88. The molecule has 1 aliphatic rings. The van der Waals surface area contributed by atoms with E-state index in [1.54, 1.807) is 0 Å². The van der Waals surface area contributed by atoms with Gasteiger partial charge in [0.1, 0.15) is 0 Å². The minimum Gasteiger partial charge on any atom is -0.393 e. The van der Waals surface area contributed by atoms with E-state index >= 15 is 0 Å². The van der Waals surface area contributed by atoms with Crippen molar-refractivity contribution >= 4 is 0 Å². The third-order valence-corrected chi connectivity index (χ3v) is 3.99. The summed E-state index contributed by atoms with van der Waals surface area (Å²) in [4.78, 5) is 0. The molecule has 4 unspecified atom stereocenters. The van der Waals surface area contributed by atoms with Crippen LogP contribution in [0, 0.1) is 17.8 Å². The molecule has 1 saturated carbocycles. The third-order valence-electron chi connectivity index (χ3n) is 3.99. The second-order valence-electron chi connectivity index (χ2n) is 6.01. The molecule has 0 aromatic heterocycles. The van der Waals surface area contributed by atoms with Crippen molar-refractivity contribution in [3.05, 3.63) is 0 Å². The zero-order valence-corrected chi connectivity index (χ0v) is 11.4. The van der Waals surface area contributed by atoms with Gasteiger partial charge in [-0.2, -0.15) is 0 Å². The van der Waals surface area contributed by atoms with Crippen LogP contribution in [0.1, 0.15) is 53.4 Å². The van der Waals surface area contributed by atoms with Gasteiger partial charge in [-0.15, -0.1) is 0 Å². The van der Waals surface area contributed by atoms with Crippen LogP contribution < -0.4 is 5.32 Å². The van der Waals surface area contributed by atoms with Gasteiger partial charge in [0.05, 0.1) is 6.10 Å². The lowest BCUT2D eigenvalue weighted by Gasteiger charge is -2.36. The second kappa shape index (κ2) is 6.61. The van der Waals surface area contributed by atoms with Crippen LogP contribution in [-0.4, -0.2) is 23.8 Å². The number of aliphatic hydroxyl groups excluding tert-OH is 1. The Hall–Kier alpha value is -0.0800. The van der Waals surface area contributed by atoms with Crippen LogP contribution in [0.4, 0.5) is 0 Å². The molecule has 0 amide bonds. The zero-order valence-electron chi connectivity index (χ0n) is 11.4. The molecular weight excluding hydrogens is 198 g/mol. The summed E-state index contributed by atoms with van der Waals surface area (Å²) < 4.78 is 0. The molecule has 0 aromatic rings. The number of rotatable bonds is 5. The molecule has 0 spiro atoms. The molecule has 0 heterocycles.